The molecule has 2 aromatic rings. The van der Waals surface area contributed by atoms with Crippen LogP contribution in [-0.4, -0.2) is 28.5 Å². The van der Waals surface area contributed by atoms with Crippen LogP contribution < -0.4 is 0 Å². The molecule has 1 heterocycles. The summed E-state index contributed by atoms with van der Waals surface area (Å²) in [6, 6.07) is 17.3. The van der Waals surface area contributed by atoms with Crippen LogP contribution in [-0.2, 0) is 6.42 Å². The average molecular weight is 281 g/mol. The van der Waals surface area contributed by atoms with E-state index in [1.165, 1.54) is 5.56 Å². The molecule has 1 aliphatic heterocycles. The molecule has 0 saturated carbocycles. The second-order valence-electron chi connectivity index (χ2n) is 5.50. The SMILES string of the molecule is O=C(c1ccccc1O)N1CCCC1Cc1ccccc1. The van der Waals surface area contributed by atoms with Gasteiger partial charge in [0.1, 0.15) is 5.75 Å². The van der Waals surface area contributed by atoms with Crippen molar-refractivity contribution in [1.29, 1.82) is 0 Å². The van der Waals surface area contributed by atoms with Gasteiger partial charge in [0, 0.05) is 12.6 Å². The Balaban J connectivity index is 1.78. The quantitative estimate of drug-likeness (QED) is 0.938. The van der Waals surface area contributed by atoms with Crippen LogP contribution in [0.25, 0.3) is 0 Å². The lowest BCUT2D eigenvalue weighted by Crippen LogP contribution is -2.36. The maximum atomic E-state index is 12.6. The summed E-state index contributed by atoms with van der Waals surface area (Å²) in [5.74, 6) is -0.000563. The Hall–Kier alpha value is -2.29. The van der Waals surface area contributed by atoms with Gasteiger partial charge in [0.05, 0.1) is 5.56 Å². The molecule has 0 radical (unpaired) electrons. The fourth-order valence-electron chi connectivity index (χ4n) is 3.01. The largest absolute Gasteiger partial charge is 0.507 e. The molecular formula is C18H19NO2. The minimum Gasteiger partial charge on any atom is -0.507 e. The molecule has 108 valence electrons. The number of aromatic hydroxyl groups is 1. The molecule has 3 nitrogen and oxygen atoms in total. The van der Waals surface area contributed by atoms with Gasteiger partial charge >= 0.3 is 0 Å². The van der Waals surface area contributed by atoms with Crippen molar-refractivity contribution in [2.24, 2.45) is 0 Å². The molecule has 2 aromatic carbocycles. The maximum absolute atomic E-state index is 12.6. The summed E-state index contributed by atoms with van der Waals surface area (Å²) >= 11 is 0. The first-order valence-corrected chi connectivity index (χ1v) is 7.38. The minimum absolute atomic E-state index is 0.0628. The second kappa shape index (κ2) is 6.00. The van der Waals surface area contributed by atoms with Gasteiger partial charge in [-0.3, -0.25) is 4.79 Å². The molecule has 1 aliphatic rings. The molecule has 1 saturated heterocycles. The van der Waals surface area contributed by atoms with Crippen LogP contribution in [0.3, 0.4) is 0 Å². The molecule has 21 heavy (non-hydrogen) atoms. The van der Waals surface area contributed by atoms with Gasteiger partial charge in [-0.05, 0) is 37.0 Å². The number of rotatable bonds is 3. The first kappa shape index (κ1) is 13.7. The first-order valence-electron chi connectivity index (χ1n) is 7.38. The number of benzene rings is 2. The highest BCUT2D eigenvalue weighted by Crippen LogP contribution is 2.26. The van der Waals surface area contributed by atoms with Crippen molar-refractivity contribution in [2.45, 2.75) is 25.3 Å². The number of hydrogen-bond donors (Lipinski definition) is 1. The number of likely N-dealkylation sites (tertiary alicyclic amines) is 1. The van der Waals surface area contributed by atoms with Gasteiger partial charge in [-0.2, -0.15) is 0 Å². The number of nitrogens with zero attached hydrogens (tertiary/aromatic N) is 1. The van der Waals surface area contributed by atoms with Gasteiger partial charge in [-0.25, -0.2) is 0 Å². The van der Waals surface area contributed by atoms with Crippen molar-refractivity contribution in [2.75, 3.05) is 6.54 Å². The standard InChI is InChI=1S/C18H19NO2/c20-17-11-5-4-10-16(17)18(21)19-12-6-9-15(19)13-14-7-2-1-3-8-14/h1-5,7-8,10-11,15,20H,6,9,12-13H2. The van der Waals surface area contributed by atoms with Crippen molar-refractivity contribution in [3.05, 3.63) is 65.7 Å². The van der Waals surface area contributed by atoms with Crippen LogP contribution in [0.2, 0.25) is 0 Å². The zero-order valence-corrected chi connectivity index (χ0v) is 11.9. The highest BCUT2D eigenvalue weighted by atomic mass is 16.3. The molecule has 1 atom stereocenters. The zero-order chi connectivity index (χ0) is 14.7. The Morgan fingerprint density at radius 1 is 1.10 bits per heavy atom. The third-order valence-corrected chi connectivity index (χ3v) is 4.09. The Morgan fingerprint density at radius 2 is 1.81 bits per heavy atom. The van der Waals surface area contributed by atoms with Crippen LogP contribution in [0.4, 0.5) is 0 Å². The summed E-state index contributed by atoms with van der Waals surface area (Å²) in [7, 11) is 0. The number of phenols is 1. The van der Waals surface area contributed by atoms with Crippen molar-refractivity contribution < 1.29 is 9.90 Å². The Morgan fingerprint density at radius 3 is 2.57 bits per heavy atom. The first-order chi connectivity index (χ1) is 10.3. The minimum atomic E-state index is -0.0634. The van der Waals surface area contributed by atoms with Crippen LogP contribution in [0.5, 0.6) is 5.75 Å². The van der Waals surface area contributed by atoms with Crippen molar-refractivity contribution >= 4 is 5.91 Å². The summed E-state index contributed by atoms with van der Waals surface area (Å²) in [5.41, 5.74) is 1.65. The molecule has 0 aliphatic carbocycles. The fraction of sp³-hybridized carbons (Fsp3) is 0.278. The monoisotopic (exact) mass is 281 g/mol. The smallest absolute Gasteiger partial charge is 0.257 e. The number of phenolic OH excluding ortho intramolecular Hbond substituents is 1. The number of carbonyl (C=O) groups excluding carboxylic acids is 1. The lowest BCUT2D eigenvalue weighted by atomic mass is 10.0. The van der Waals surface area contributed by atoms with Gasteiger partial charge < -0.3 is 10.0 Å². The number of carbonyl (C=O) groups is 1. The molecule has 3 heteroatoms. The van der Waals surface area contributed by atoms with E-state index < -0.39 is 0 Å². The van der Waals surface area contributed by atoms with E-state index in [0.717, 1.165) is 25.8 Å². The van der Waals surface area contributed by atoms with E-state index in [1.54, 1.807) is 24.3 Å². The topological polar surface area (TPSA) is 40.5 Å². The van der Waals surface area contributed by atoms with E-state index >= 15 is 0 Å². The molecule has 1 amide bonds. The normalized spacial score (nSPS) is 17.9. The van der Waals surface area contributed by atoms with E-state index in [2.05, 4.69) is 12.1 Å². The molecule has 1 unspecified atom stereocenters. The molecule has 0 bridgehead atoms. The van der Waals surface area contributed by atoms with Gasteiger partial charge in [0.15, 0.2) is 0 Å². The Bertz CT molecular complexity index is 624. The maximum Gasteiger partial charge on any atom is 0.257 e. The number of para-hydroxylation sites is 1. The van der Waals surface area contributed by atoms with Crippen molar-refractivity contribution in [3.63, 3.8) is 0 Å². The predicted octanol–water partition coefficient (Wildman–Crippen LogP) is 3.24. The predicted molar refractivity (Wildman–Crippen MR) is 82.3 cm³/mol. The molecule has 1 N–H and O–H groups in total. The Labute approximate surface area is 124 Å². The fourth-order valence-corrected chi connectivity index (χ4v) is 3.01. The van der Waals surface area contributed by atoms with Gasteiger partial charge in [0.25, 0.3) is 5.91 Å². The van der Waals surface area contributed by atoms with Crippen molar-refractivity contribution in [3.8, 4) is 5.75 Å². The summed E-state index contributed by atoms with van der Waals surface area (Å²) in [6.07, 6.45) is 2.92. The second-order valence-corrected chi connectivity index (χ2v) is 5.50. The van der Waals surface area contributed by atoms with Gasteiger partial charge in [-0.15, -0.1) is 0 Å². The molecule has 1 fully saturated rings. The van der Waals surface area contributed by atoms with E-state index in [9.17, 15) is 9.90 Å². The van der Waals surface area contributed by atoms with E-state index in [4.69, 9.17) is 0 Å². The number of amides is 1. The van der Waals surface area contributed by atoms with Gasteiger partial charge in [0.2, 0.25) is 0 Å². The van der Waals surface area contributed by atoms with E-state index in [-0.39, 0.29) is 17.7 Å². The summed E-state index contributed by atoms with van der Waals surface area (Å²) < 4.78 is 0. The summed E-state index contributed by atoms with van der Waals surface area (Å²) in [4.78, 5) is 14.5. The number of hydrogen-bond acceptors (Lipinski definition) is 2. The molecule has 3 rings (SSSR count). The van der Waals surface area contributed by atoms with Crippen LogP contribution in [0, 0.1) is 0 Å². The van der Waals surface area contributed by atoms with Crippen LogP contribution >= 0.6 is 0 Å². The third kappa shape index (κ3) is 2.92. The molecule has 0 spiro atoms. The molecule has 0 aromatic heterocycles. The lowest BCUT2D eigenvalue weighted by molar-refractivity contribution is 0.0733. The Kier molecular flexibility index (Phi) is 3.91. The van der Waals surface area contributed by atoms with Crippen molar-refractivity contribution in [1.82, 2.24) is 4.90 Å². The summed E-state index contributed by atoms with van der Waals surface area (Å²) in [5, 5.41) is 9.87. The van der Waals surface area contributed by atoms with E-state index in [1.807, 2.05) is 23.1 Å². The van der Waals surface area contributed by atoms with Gasteiger partial charge in [-0.1, -0.05) is 42.5 Å². The highest BCUT2D eigenvalue weighted by Gasteiger charge is 2.30. The zero-order valence-electron chi connectivity index (χ0n) is 11.9. The van der Waals surface area contributed by atoms with E-state index in [0.29, 0.717) is 5.56 Å². The van der Waals surface area contributed by atoms with Crippen LogP contribution in [0.1, 0.15) is 28.8 Å². The van der Waals surface area contributed by atoms with Crippen LogP contribution in [0.15, 0.2) is 54.6 Å². The third-order valence-electron chi connectivity index (χ3n) is 4.09. The average Bonchev–Trinajstić information content (AvgIpc) is 2.96. The highest BCUT2D eigenvalue weighted by molar-refractivity contribution is 5.97. The lowest BCUT2D eigenvalue weighted by Gasteiger charge is -2.25. The summed E-state index contributed by atoms with van der Waals surface area (Å²) in [6.45, 7) is 0.769. The molecular weight excluding hydrogens is 262 g/mol.